The first kappa shape index (κ1) is 17.0. The summed E-state index contributed by atoms with van der Waals surface area (Å²) in [6.45, 7) is 2.78. The van der Waals surface area contributed by atoms with Gasteiger partial charge in [-0.1, -0.05) is 0 Å². The Morgan fingerprint density at radius 2 is 1.76 bits per heavy atom. The molecule has 0 aromatic rings. The van der Waals surface area contributed by atoms with Gasteiger partial charge in [-0.25, -0.2) is 0 Å². The number of hydrogen-bond donors (Lipinski definition) is 2. The molecule has 0 aliphatic rings. The summed E-state index contributed by atoms with van der Waals surface area (Å²) in [6.07, 6.45) is 1.07. The van der Waals surface area contributed by atoms with E-state index in [1.807, 2.05) is 0 Å². The minimum absolute atomic E-state index is 0.269. The third-order valence-corrected chi connectivity index (χ3v) is 3.14. The van der Waals surface area contributed by atoms with Crippen molar-refractivity contribution in [3.8, 4) is 0 Å². The normalized spacial score (nSPS) is 12.0. The molecule has 0 aliphatic carbocycles. The predicted molar refractivity (Wildman–Crippen MR) is 66.8 cm³/mol. The number of rotatable bonds is 12. The second-order valence-corrected chi connectivity index (χ2v) is 4.45. The molecule has 0 saturated heterocycles. The lowest BCUT2D eigenvalue weighted by Crippen LogP contribution is -2.41. The van der Waals surface area contributed by atoms with Gasteiger partial charge in [0.15, 0.2) is 0 Å². The molecule has 102 valence electrons. The number of nitrogens with two attached hydrogens (primary N) is 1. The van der Waals surface area contributed by atoms with Crippen molar-refractivity contribution in [1.82, 2.24) is 5.32 Å². The molecule has 0 saturated carbocycles. The van der Waals surface area contributed by atoms with Crippen LogP contribution < -0.4 is 11.1 Å². The van der Waals surface area contributed by atoms with E-state index in [2.05, 4.69) is 5.32 Å². The van der Waals surface area contributed by atoms with Crippen LogP contribution in [-0.4, -0.2) is 63.3 Å². The van der Waals surface area contributed by atoms with Crippen molar-refractivity contribution in [2.45, 2.75) is 18.4 Å². The summed E-state index contributed by atoms with van der Waals surface area (Å²) in [6, 6.07) is 1.00. The minimum Gasteiger partial charge on any atom is -0.409 e. The summed E-state index contributed by atoms with van der Waals surface area (Å²) >= 11 is 0. The van der Waals surface area contributed by atoms with Crippen LogP contribution in [0.3, 0.4) is 0 Å². The van der Waals surface area contributed by atoms with Gasteiger partial charge in [0.25, 0.3) is 0 Å². The molecule has 0 aromatic carbocycles. The summed E-state index contributed by atoms with van der Waals surface area (Å²) in [5, 5.41) is 3.23. The molecule has 2 radical (unpaired) electrons. The number of ether oxygens (including phenoxy) is 3. The van der Waals surface area contributed by atoms with Gasteiger partial charge in [0.1, 0.15) is 6.61 Å². The number of nitrogens with one attached hydrogen (secondary N) is 1. The van der Waals surface area contributed by atoms with Crippen molar-refractivity contribution in [2.75, 3.05) is 47.6 Å². The summed E-state index contributed by atoms with van der Waals surface area (Å²) in [4.78, 5) is 0. The van der Waals surface area contributed by atoms with Crippen LogP contribution in [0.15, 0.2) is 0 Å². The average molecular weight is 264 g/mol. The molecule has 0 spiro atoms. The molecule has 0 bridgehead atoms. The van der Waals surface area contributed by atoms with Crippen LogP contribution in [0.5, 0.6) is 0 Å². The maximum atomic E-state index is 5.48. The van der Waals surface area contributed by atoms with E-state index >= 15 is 0 Å². The molecule has 0 heterocycles. The molecule has 0 unspecified atom stereocenters. The average Bonchev–Trinajstić information content (AvgIpc) is 2.38. The molecule has 0 rings (SSSR count). The molecular weight excluding hydrogens is 240 g/mol. The largest absolute Gasteiger partial charge is 0.409 e. The zero-order chi connectivity index (χ0) is 13.0. The maximum absolute atomic E-state index is 5.48. The third kappa shape index (κ3) is 7.82. The molecule has 7 heteroatoms. The Morgan fingerprint density at radius 1 is 1.12 bits per heavy atom. The fourth-order valence-corrected chi connectivity index (χ4v) is 1.90. The Hall–Kier alpha value is -0.0231. The predicted octanol–water partition coefficient (Wildman–Crippen LogP) is -0.428. The van der Waals surface area contributed by atoms with Gasteiger partial charge in [0.2, 0.25) is 9.76 Å². The lowest BCUT2D eigenvalue weighted by atomic mass is 10.5. The maximum Gasteiger partial charge on any atom is 0.305 e. The monoisotopic (exact) mass is 264 g/mol. The second kappa shape index (κ2) is 11.1. The van der Waals surface area contributed by atoms with Gasteiger partial charge in [-0.15, -0.1) is 0 Å². The minimum atomic E-state index is -1.08. The summed E-state index contributed by atoms with van der Waals surface area (Å²) in [7, 11) is 4.99. The quantitative estimate of drug-likeness (QED) is 0.283. The lowest BCUT2D eigenvalue weighted by molar-refractivity contribution is -0.361. The zero-order valence-electron chi connectivity index (χ0n) is 11.0. The third-order valence-electron chi connectivity index (χ3n) is 2.24. The van der Waals surface area contributed by atoms with E-state index in [-0.39, 0.29) is 6.61 Å². The van der Waals surface area contributed by atoms with Gasteiger partial charge >= 0.3 is 5.97 Å². The Morgan fingerprint density at radius 3 is 2.29 bits per heavy atom. The van der Waals surface area contributed by atoms with Crippen molar-refractivity contribution in [3.05, 3.63) is 0 Å². The Bertz CT molecular complexity index is 162. The van der Waals surface area contributed by atoms with Gasteiger partial charge in [-0.2, -0.15) is 0 Å². The highest BCUT2D eigenvalue weighted by Gasteiger charge is 2.29. The molecule has 17 heavy (non-hydrogen) atoms. The van der Waals surface area contributed by atoms with Crippen LogP contribution >= 0.6 is 0 Å². The van der Waals surface area contributed by atoms with Crippen LogP contribution in [-0.2, 0) is 18.6 Å². The van der Waals surface area contributed by atoms with Crippen LogP contribution in [0, 0.1) is 0 Å². The van der Waals surface area contributed by atoms with Gasteiger partial charge in [0, 0.05) is 34.4 Å². The highest BCUT2D eigenvalue weighted by Crippen LogP contribution is 2.12. The Balaban J connectivity index is 3.43. The molecule has 3 N–H and O–H groups in total. The standard InChI is InChI=1S/C10H24N2O4Si/c1-13-10(14-2,15-3)9-16-17-8-4-6-12-7-5-11/h12H,4-9,11H2,1-3H3. The fourth-order valence-electron chi connectivity index (χ4n) is 1.15. The second-order valence-electron chi connectivity index (χ2n) is 3.37. The van der Waals surface area contributed by atoms with E-state index in [1.165, 1.54) is 21.3 Å². The van der Waals surface area contributed by atoms with E-state index in [1.54, 1.807) is 0 Å². The molecule has 6 nitrogen and oxygen atoms in total. The lowest BCUT2D eigenvalue weighted by Gasteiger charge is -2.28. The first-order valence-corrected chi connectivity index (χ1v) is 6.77. The van der Waals surface area contributed by atoms with Crippen LogP contribution in [0.2, 0.25) is 6.04 Å². The van der Waals surface area contributed by atoms with Crippen molar-refractivity contribution in [2.24, 2.45) is 5.73 Å². The Kier molecular flexibility index (Phi) is 11.1. The van der Waals surface area contributed by atoms with Gasteiger partial charge in [-0.05, 0) is 19.0 Å². The van der Waals surface area contributed by atoms with Crippen molar-refractivity contribution >= 4 is 9.76 Å². The fraction of sp³-hybridized carbons (Fsp3) is 1.00. The first-order valence-electron chi connectivity index (χ1n) is 5.65. The van der Waals surface area contributed by atoms with Crippen LogP contribution in [0.25, 0.3) is 0 Å². The molecule has 0 fully saturated rings. The van der Waals surface area contributed by atoms with Crippen molar-refractivity contribution < 1.29 is 18.6 Å². The smallest absolute Gasteiger partial charge is 0.305 e. The molecule has 0 aliphatic heterocycles. The van der Waals surface area contributed by atoms with E-state index in [9.17, 15) is 0 Å². The molecule has 0 amide bonds. The summed E-state index contributed by atoms with van der Waals surface area (Å²) in [5.74, 6) is -1.08. The van der Waals surface area contributed by atoms with Gasteiger partial charge in [-0.3, -0.25) is 0 Å². The summed E-state index contributed by atoms with van der Waals surface area (Å²) in [5.41, 5.74) is 5.36. The first-order chi connectivity index (χ1) is 8.24. The Labute approximate surface area is 106 Å². The molecular formula is C10H24N2O4Si. The SMILES string of the molecule is COC(CO[Si]CCCNCCN)(OC)OC. The molecule has 0 aromatic heterocycles. The number of methoxy groups -OCH3 is 3. The van der Waals surface area contributed by atoms with Gasteiger partial charge < -0.3 is 29.7 Å². The summed E-state index contributed by atoms with van der Waals surface area (Å²) < 4.78 is 20.8. The highest BCUT2D eigenvalue weighted by molar-refractivity contribution is 6.27. The van der Waals surface area contributed by atoms with Crippen LogP contribution in [0.1, 0.15) is 6.42 Å². The van der Waals surface area contributed by atoms with Crippen molar-refractivity contribution in [3.63, 3.8) is 0 Å². The van der Waals surface area contributed by atoms with Crippen molar-refractivity contribution in [1.29, 1.82) is 0 Å². The topological polar surface area (TPSA) is 75.0 Å². The van der Waals surface area contributed by atoms with E-state index in [4.69, 9.17) is 24.4 Å². The van der Waals surface area contributed by atoms with E-state index < -0.39 is 5.97 Å². The molecule has 0 atom stereocenters. The van der Waals surface area contributed by atoms with Crippen LogP contribution in [0.4, 0.5) is 0 Å². The van der Waals surface area contributed by atoms with E-state index in [0.29, 0.717) is 16.3 Å². The van der Waals surface area contributed by atoms with E-state index in [0.717, 1.165) is 25.6 Å². The number of hydrogen-bond acceptors (Lipinski definition) is 6. The highest BCUT2D eigenvalue weighted by atomic mass is 28.2. The van der Waals surface area contributed by atoms with Gasteiger partial charge in [0.05, 0.1) is 0 Å². The zero-order valence-corrected chi connectivity index (χ0v) is 12.0.